The zero-order valence-corrected chi connectivity index (χ0v) is 16.8. The zero-order chi connectivity index (χ0) is 19.9. The first kappa shape index (κ1) is 20.1. The van der Waals surface area contributed by atoms with E-state index in [0.29, 0.717) is 5.56 Å². The van der Waals surface area contributed by atoms with Gasteiger partial charge in [0.25, 0.3) is 5.91 Å². The molecule has 1 N–H and O–H groups in total. The maximum Gasteiger partial charge on any atom is 0.251 e. The van der Waals surface area contributed by atoms with Gasteiger partial charge in [0, 0.05) is 49.6 Å². The van der Waals surface area contributed by atoms with E-state index in [1.807, 2.05) is 39.9 Å². The highest BCUT2D eigenvalue weighted by Gasteiger charge is 2.27. The first-order chi connectivity index (χ1) is 13.6. The van der Waals surface area contributed by atoms with Crippen LogP contribution in [0.2, 0.25) is 0 Å². The van der Waals surface area contributed by atoms with Gasteiger partial charge in [-0.1, -0.05) is 26.0 Å². The predicted octanol–water partition coefficient (Wildman–Crippen LogP) is 3.09. The number of benzene rings is 1. The van der Waals surface area contributed by atoms with Crippen molar-refractivity contribution in [1.82, 2.24) is 19.8 Å². The molecule has 0 spiro atoms. The largest absolute Gasteiger partial charge is 0.349 e. The Morgan fingerprint density at radius 3 is 2.39 bits per heavy atom. The highest BCUT2D eigenvalue weighted by atomic mass is 16.2. The van der Waals surface area contributed by atoms with E-state index >= 15 is 0 Å². The van der Waals surface area contributed by atoms with Crippen molar-refractivity contribution < 1.29 is 9.59 Å². The quantitative estimate of drug-likeness (QED) is 0.800. The van der Waals surface area contributed by atoms with Gasteiger partial charge in [-0.25, -0.2) is 4.98 Å². The van der Waals surface area contributed by atoms with Gasteiger partial charge in [0.05, 0.1) is 6.33 Å². The minimum absolute atomic E-state index is 0.0426. The Kier molecular flexibility index (Phi) is 6.85. The van der Waals surface area contributed by atoms with Crippen LogP contribution in [0.1, 0.15) is 55.5 Å². The fourth-order valence-corrected chi connectivity index (χ4v) is 3.76. The molecule has 0 unspecified atom stereocenters. The number of nitrogens with one attached hydrogen (secondary N) is 1. The molecule has 2 amide bonds. The predicted molar refractivity (Wildman–Crippen MR) is 109 cm³/mol. The van der Waals surface area contributed by atoms with Crippen molar-refractivity contribution in [3.63, 3.8) is 0 Å². The van der Waals surface area contributed by atoms with Gasteiger partial charge < -0.3 is 14.8 Å². The number of aromatic nitrogens is 2. The molecule has 6 heteroatoms. The summed E-state index contributed by atoms with van der Waals surface area (Å²) in [5.74, 6) is 0.356. The number of hydrogen-bond acceptors (Lipinski definition) is 3. The summed E-state index contributed by atoms with van der Waals surface area (Å²) in [6, 6.07) is 7.82. The Labute approximate surface area is 166 Å². The summed E-state index contributed by atoms with van der Waals surface area (Å²) in [5.41, 5.74) is 1.80. The number of carbonyl (C=O) groups is 2. The van der Waals surface area contributed by atoms with Gasteiger partial charge in [-0.15, -0.1) is 0 Å². The molecule has 1 saturated heterocycles. The topological polar surface area (TPSA) is 67.2 Å². The molecule has 1 aliphatic rings. The van der Waals surface area contributed by atoms with E-state index in [-0.39, 0.29) is 23.8 Å². The number of likely N-dealkylation sites (tertiary alicyclic amines) is 1. The van der Waals surface area contributed by atoms with Crippen LogP contribution in [-0.4, -0.2) is 45.4 Å². The Bertz CT molecular complexity index is 758. The molecule has 3 rings (SSSR count). The molecule has 28 heavy (non-hydrogen) atoms. The van der Waals surface area contributed by atoms with Crippen molar-refractivity contribution in [2.75, 3.05) is 13.1 Å². The van der Waals surface area contributed by atoms with Crippen molar-refractivity contribution in [3.8, 4) is 0 Å². The Hall–Kier alpha value is -2.63. The molecule has 0 aliphatic carbocycles. The van der Waals surface area contributed by atoms with Crippen molar-refractivity contribution in [2.24, 2.45) is 5.92 Å². The van der Waals surface area contributed by atoms with Gasteiger partial charge in [0.15, 0.2) is 0 Å². The fourth-order valence-electron chi connectivity index (χ4n) is 3.76. The van der Waals surface area contributed by atoms with Crippen molar-refractivity contribution in [3.05, 3.63) is 54.1 Å². The molecule has 1 aliphatic heterocycles. The number of piperidine rings is 1. The SMILES string of the molecule is CCC(CC)C(=O)N1CCC(NC(=O)c2ccc(Cn3ccnc3)cc2)CC1. The van der Waals surface area contributed by atoms with Crippen LogP contribution in [0.25, 0.3) is 0 Å². The molecule has 0 bridgehead atoms. The Morgan fingerprint density at radius 1 is 1.14 bits per heavy atom. The molecular formula is C22H30N4O2. The molecule has 0 saturated carbocycles. The van der Waals surface area contributed by atoms with Crippen LogP contribution >= 0.6 is 0 Å². The van der Waals surface area contributed by atoms with Gasteiger partial charge in [-0.3, -0.25) is 9.59 Å². The van der Waals surface area contributed by atoms with E-state index in [0.717, 1.165) is 50.9 Å². The Morgan fingerprint density at radius 2 is 1.82 bits per heavy atom. The minimum atomic E-state index is -0.0426. The van der Waals surface area contributed by atoms with Crippen LogP contribution < -0.4 is 5.32 Å². The second-order valence-corrected chi connectivity index (χ2v) is 7.52. The lowest BCUT2D eigenvalue weighted by Gasteiger charge is -2.34. The van der Waals surface area contributed by atoms with E-state index in [2.05, 4.69) is 24.1 Å². The number of amides is 2. The molecule has 0 radical (unpaired) electrons. The summed E-state index contributed by atoms with van der Waals surface area (Å²) < 4.78 is 1.99. The van der Waals surface area contributed by atoms with Gasteiger partial charge in [-0.2, -0.15) is 0 Å². The minimum Gasteiger partial charge on any atom is -0.349 e. The lowest BCUT2D eigenvalue weighted by Crippen LogP contribution is -2.48. The number of nitrogens with zero attached hydrogens (tertiary/aromatic N) is 3. The molecule has 2 heterocycles. The lowest BCUT2D eigenvalue weighted by molar-refractivity contribution is -0.136. The summed E-state index contributed by atoms with van der Waals surface area (Å²) in [6.45, 7) is 6.33. The standard InChI is InChI=1S/C22H30N4O2/c1-3-18(4-2)22(28)26-12-9-20(10-13-26)24-21(27)19-7-5-17(6-8-19)15-25-14-11-23-16-25/h5-8,11,14,16,18,20H,3-4,9-10,12-13,15H2,1-2H3,(H,24,27). The van der Waals surface area contributed by atoms with Crippen molar-refractivity contribution >= 4 is 11.8 Å². The third-order valence-corrected chi connectivity index (χ3v) is 5.62. The van der Waals surface area contributed by atoms with Crippen LogP contribution in [0.4, 0.5) is 0 Å². The molecule has 150 valence electrons. The average Bonchev–Trinajstić information content (AvgIpc) is 3.23. The summed E-state index contributed by atoms with van der Waals surface area (Å²) in [4.78, 5) is 31.0. The third-order valence-electron chi connectivity index (χ3n) is 5.62. The number of hydrogen-bond donors (Lipinski definition) is 1. The monoisotopic (exact) mass is 382 g/mol. The van der Waals surface area contributed by atoms with Crippen molar-refractivity contribution in [2.45, 2.75) is 52.1 Å². The summed E-state index contributed by atoms with van der Waals surface area (Å²) in [5, 5.41) is 3.12. The fraction of sp³-hybridized carbons (Fsp3) is 0.500. The van der Waals surface area contributed by atoms with Crippen LogP contribution in [0.15, 0.2) is 43.0 Å². The van der Waals surface area contributed by atoms with E-state index in [1.54, 1.807) is 12.5 Å². The maximum absolute atomic E-state index is 12.6. The van der Waals surface area contributed by atoms with Crippen LogP contribution in [0, 0.1) is 5.92 Å². The Balaban J connectivity index is 1.48. The number of carbonyl (C=O) groups excluding carboxylic acids is 2. The van der Waals surface area contributed by atoms with E-state index in [9.17, 15) is 9.59 Å². The number of rotatable bonds is 7. The molecule has 1 fully saturated rings. The second-order valence-electron chi connectivity index (χ2n) is 7.52. The summed E-state index contributed by atoms with van der Waals surface area (Å²) in [7, 11) is 0. The highest BCUT2D eigenvalue weighted by molar-refractivity contribution is 5.94. The number of imidazole rings is 1. The first-order valence-electron chi connectivity index (χ1n) is 10.2. The molecule has 1 aromatic carbocycles. The lowest BCUT2D eigenvalue weighted by atomic mass is 9.98. The summed E-state index contributed by atoms with van der Waals surface area (Å²) in [6.07, 6.45) is 8.87. The van der Waals surface area contributed by atoms with E-state index in [1.165, 1.54) is 0 Å². The van der Waals surface area contributed by atoms with Crippen LogP contribution in [0.5, 0.6) is 0 Å². The first-order valence-corrected chi connectivity index (χ1v) is 10.2. The van der Waals surface area contributed by atoms with Gasteiger partial charge in [-0.05, 0) is 43.4 Å². The summed E-state index contributed by atoms with van der Waals surface area (Å²) >= 11 is 0. The third kappa shape index (κ3) is 5.00. The van der Waals surface area contributed by atoms with Crippen molar-refractivity contribution in [1.29, 1.82) is 0 Å². The molecule has 2 aromatic rings. The van der Waals surface area contributed by atoms with Crippen LogP contribution in [0.3, 0.4) is 0 Å². The van der Waals surface area contributed by atoms with Gasteiger partial charge >= 0.3 is 0 Å². The normalized spacial score (nSPS) is 15.0. The molecular weight excluding hydrogens is 352 g/mol. The van der Waals surface area contributed by atoms with Crippen LogP contribution in [-0.2, 0) is 11.3 Å². The van der Waals surface area contributed by atoms with Gasteiger partial charge in [0.1, 0.15) is 0 Å². The molecule has 6 nitrogen and oxygen atoms in total. The molecule has 1 aromatic heterocycles. The highest BCUT2D eigenvalue weighted by Crippen LogP contribution is 2.18. The van der Waals surface area contributed by atoms with E-state index in [4.69, 9.17) is 0 Å². The van der Waals surface area contributed by atoms with E-state index < -0.39 is 0 Å². The van der Waals surface area contributed by atoms with Gasteiger partial charge in [0.2, 0.25) is 5.91 Å². The average molecular weight is 383 g/mol. The smallest absolute Gasteiger partial charge is 0.251 e. The second kappa shape index (κ2) is 9.53. The molecule has 0 atom stereocenters. The maximum atomic E-state index is 12.6. The zero-order valence-electron chi connectivity index (χ0n) is 16.8.